The number of para-hydroxylation sites is 2. The van der Waals surface area contributed by atoms with Crippen LogP contribution in [0.3, 0.4) is 0 Å². The predicted octanol–water partition coefficient (Wildman–Crippen LogP) is 3.91. The molecule has 0 aliphatic heterocycles. The monoisotopic (exact) mass is 387 g/mol. The zero-order valence-corrected chi connectivity index (χ0v) is 17.6. The summed E-state index contributed by atoms with van der Waals surface area (Å²) in [6.07, 6.45) is -0.588. The van der Waals surface area contributed by atoms with Crippen molar-refractivity contribution in [2.75, 3.05) is 33.9 Å². The van der Waals surface area contributed by atoms with Crippen molar-refractivity contribution in [2.45, 2.75) is 33.4 Å². The minimum atomic E-state index is -0.588. The number of hydrogen-bond acceptors (Lipinski definition) is 5. The standard InChI is InChI=1S/C23H33NO4/c1-17(2)13-24(14-19-10-8-12-22(26-4)23(19)27-5)15-20(25)16-28-21-11-7-6-9-18(21)3/h6-12,17,20,25H,13-16H2,1-5H3. The Morgan fingerprint density at radius 2 is 1.64 bits per heavy atom. The van der Waals surface area contributed by atoms with Crippen molar-refractivity contribution >= 4 is 0 Å². The molecule has 0 aliphatic rings. The molecule has 5 heteroatoms. The second kappa shape index (κ2) is 10.9. The van der Waals surface area contributed by atoms with Crippen molar-refractivity contribution in [3.63, 3.8) is 0 Å². The molecule has 0 radical (unpaired) electrons. The summed E-state index contributed by atoms with van der Waals surface area (Å²) in [5.41, 5.74) is 2.10. The first-order valence-corrected chi connectivity index (χ1v) is 9.73. The third kappa shape index (κ3) is 6.43. The summed E-state index contributed by atoms with van der Waals surface area (Å²) in [5.74, 6) is 2.74. The van der Waals surface area contributed by atoms with Gasteiger partial charge in [-0.05, 0) is 30.5 Å². The SMILES string of the molecule is COc1cccc(CN(CC(C)C)CC(O)COc2ccccc2C)c1OC. The molecule has 5 nitrogen and oxygen atoms in total. The maximum absolute atomic E-state index is 10.6. The van der Waals surface area contributed by atoms with Crippen LogP contribution in [-0.2, 0) is 6.54 Å². The third-order valence-electron chi connectivity index (χ3n) is 4.50. The smallest absolute Gasteiger partial charge is 0.165 e. The van der Waals surface area contributed by atoms with Gasteiger partial charge in [-0.2, -0.15) is 0 Å². The fourth-order valence-corrected chi connectivity index (χ4v) is 3.29. The predicted molar refractivity (Wildman–Crippen MR) is 112 cm³/mol. The summed E-state index contributed by atoms with van der Waals surface area (Å²) in [6.45, 7) is 8.65. The summed E-state index contributed by atoms with van der Waals surface area (Å²) in [4.78, 5) is 2.23. The molecule has 1 unspecified atom stereocenters. The maximum atomic E-state index is 10.6. The van der Waals surface area contributed by atoms with E-state index in [2.05, 4.69) is 18.7 Å². The first kappa shape index (κ1) is 22.1. The van der Waals surface area contributed by atoms with Crippen molar-refractivity contribution in [2.24, 2.45) is 5.92 Å². The summed E-state index contributed by atoms with van der Waals surface area (Å²) in [6, 6.07) is 13.7. The molecule has 28 heavy (non-hydrogen) atoms. The lowest BCUT2D eigenvalue weighted by molar-refractivity contribution is 0.0609. The molecule has 2 aromatic rings. The molecule has 0 aromatic heterocycles. The lowest BCUT2D eigenvalue weighted by Gasteiger charge is -2.27. The summed E-state index contributed by atoms with van der Waals surface area (Å²) in [7, 11) is 3.29. The fraction of sp³-hybridized carbons (Fsp3) is 0.478. The first-order valence-electron chi connectivity index (χ1n) is 9.73. The Morgan fingerprint density at radius 3 is 2.29 bits per heavy atom. The molecule has 0 saturated heterocycles. The zero-order chi connectivity index (χ0) is 20.5. The van der Waals surface area contributed by atoms with E-state index >= 15 is 0 Å². The topological polar surface area (TPSA) is 51.2 Å². The van der Waals surface area contributed by atoms with E-state index in [-0.39, 0.29) is 6.61 Å². The van der Waals surface area contributed by atoms with Crippen LogP contribution in [0.5, 0.6) is 17.2 Å². The lowest BCUT2D eigenvalue weighted by atomic mass is 10.1. The Kier molecular flexibility index (Phi) is 8.61. The molecule has 0 spiro atoms. The van der Waals surface area contributed by atoms with Gasteiger partial charge in [-0.25, -0.2) is 0 Å². The van der Waals surface area contributed by atoms with Crippen LogP contribution in [0.25, 0.3) is 0 Å². The number of hydrogen-bond donors (Lipinski definition) is 1. The molecule has 1 atom stereocenters. The van der Waals surface area contributed by atoms with E-state index in [0.29, 0.717) is 24.8 Å². The lowest BCUT2D eigenvalue weighted by Crippen LogP contribution is -2.37. The van der Waals surface area contributed by atoms with E-state index in [1.807, 2.05) is 49.4 Å². The van der Waals surface area contributed by atoms with E-state index in [9.17, 15) is 5.11 Å². The van der Waals surface area contributed by atoms with Gasteiger partial charge in [0.2, 0.25) is 0 Å². The van der Waals surface area contributed by atoms with Gasteiger partial charge >= 0.3 is 0 Å². The van der Waals surface area contributed by atoms with Gasteiger partial charge in [0, 0.05) is 25.2 Å². The average Bonchev–Trinajstić information content (AvgIpc) is 2.66. The molecule has 0 bridgehead atoms. The molecule has 0 aliphatic carbocycles. The Hall–Kier alpha value is -2.24. The molecule has 1 N–H and O–H groups in total. The van der Waals surface area contributed by atoms with Crippen LogP contribution in [0.1, 0.15) is 25.0 Å². The van der Waals surface area contributed by atoms with Crippen LogP contribution in [0.15, 0.2) is 42.5 Å². The molecule has 0 heterocycles. The quantitative estimate of drug-likeness (QED) is 0.634. The zero-order valence-electron chi connectivity index (χ0n) is 17.6. The number of aliphatic hydroxyl groups excluding tert-OH is 1. The normalized spacial score (nSPS) is 12.3. The molecule has 2 rings (SSSR count). The van der Waals surface area contributed by atoms with Gasteiger partial charge in [-0.1, -0.05) is 44.2 Å². The van der Waals surface area contributed by atoms with Crippen molar-refractivity contribution < 1.29 is 19.3 Å². The largest absolute Gasteiger partial charge is 0.493 e. The van der Waals surface area contributed by atoms with Crippen molar-refractivity contribution in [1.29, 1.82) is 0 Å². The molecule has 0 amide bonds. The van der Waals surface area contributed by atoms with Crippen molar-refractivity contribution in [3.8, 4) is 17.2 Å². The van der Waals surface area contributed by atoms with E-state index in [4.69, 9.17) is 14.2 Å². The van der Waals surface area contributed by atoms with Gasteiger partial charge < -0.3 is 19.3 Å². The van der Waals surface area contributed by atoms with Crippen LogP contribution in [0.2, 0.25) is 0 Å². The van der Waals surface area contributed by atoms with Crippen LogP contribution >= 0.6 is 0 Å². The highest BCUT2D eigenvalue weighted by Crippen LogP contribution is 2.31. The molecule has 2 aromatic carbocycles. The Labute approximate surface area is 168 Å². The number of ether oxygens (including phenoxy) is 3. The van der Waals surface area contributed by atoms with Crippen LogP contribution < -0.4 is 14.2 Å². The maximum Gasteiger partial charge on any atom is 0.165 e. The number of rotatable bonds is 11. The highest BCUT2D eigenvalue weighted by Gasteiger charge is 2.18. The van der Waals surface area contributed by atoms with E-state index < -0.39 is 6.10 Å². The van der Waals surface area contributed by atoms with Gasteiger partial charge in [-0.15, -0.1) is 0 Å². The van der Waals surface area contributed by atoms with Crippen LogP contribution in [0, 0.1) is 12.8 Å². The number of methoxy groups -OCH3 is 2. The summed E-state index contributed by atoms with van der Waals surface area (Å²) >= 11 is 0. The van der Waals surface area contributed by atoms with Gasteiger partial charge in [0.25, 0.3) is 0 Å². The van der Waals surface area contributed by atoms with Gasteiger partial charge in [0.05, 0.1) is 14.2 Å². The summed E-state index contributed by atoms with van der Waals surface area (Å²) in [5, 5.41) is 10.6. The minimum Gasteiger partial charge on any atom is -0.493 e. The van der Waals surface area contributed by atoms with E-state index in [0.717, 1.165) is 29.2 Å². The van der Waals surface area contributed by atoms with Crippen LogP contribution in [0.4, 0.5) is 0 Å². The molecule has 0 saturated carbocycles. The Balaban J connectivity index is 2.04. The summed E-state index contributed by atoms with van der Waals surface area (Å²) < 4.78 is 16.8. The number of aliphatic hydroxyl groups is 1. The van der Waals surface area contributed by atoms with Gasteiger partial charge in [0.1, 0.15) is 18.5 Å². The van der Waals surface area contributed by atoms with Crippen molar-refractivity contribution in [1.82, 2.24) is 4.90 Å². The minimum absolute atomic E-state index is 0.259. The highest BCUT2D eigenvalue weighted by molar-refractivity contribution is 5.46. The second-order valence-electron chi connectivity index (χ2n) is 7.47. The highest BCUT2D eigenvalue weighted by atomic mass is 16.5. The van der Waals surface area contributed by atoms with E-state index in [1.54, 1.807) is 14.2 Å². The molecule has 154 valence electrons. The number of aryl methyl sites for hydroxylation is 1. The van der Waals surface area contributed by atoms with Gasteiger partial charge in [-0.3, -0.25) is 4.90 Å². The number of nitrogens with zero attached hydrogens (tertiary/aromatic N) is 1. The van der Waals surface area contributed by atoms with E-state index in [1.165, 1.54) is 0 Å². The molecular formula is C23H33NO4. The third-order valence-corrected chi connectivity index (χ3v) is 4.50. The molecular weight excluding hydrogens is 354 g/mol. The first-order chi connectivity index (χ1) is 13.4. The Morgan fingerprint density at radius 1 is 0.929 bits per heavy atom. The van der Waals surface area contributed by atoms with Crippen molar-refractivity contribution in [3.05, 3.63) is 53.6 Å². The average molecular weight is 388 g/mol. The number of benzene rings is 2. The van der Waals surface area contributed by atoms with Crippen LogP contribution in [-0.4, -0.2) is 50.0 Å². The Bertz CT molecular complexity index is 732. The second-order valence-corrected chi connectivity index (χ2v) is 7.47. The van der Waals surface area contributed by atoms with Gasteiger partial charge in [0.15, 0.2) is 11.5 Å². The fourth-order valence-electron chi connectivity index (χ4n) is 3.29. The molecule has 0 fully saturated rings.